The van der Waals surface area contributed by atoms with Crippen LogP contribution in [0.1, 0.15) is 20.8 Å². The van der Waals surface area contributed by atoms with Crippen LogP contribution >= 0.6 is 0 Å². The molecule has 0 aromatic carbocycles. The number of hydrogen-bond donors (Lipinski definition) is 1. The molecule has 7 heavy (non-hydrogen) atoms. The van der Waals surface area contributed by atoms with E-state index in [-0.39, 0.29) is 5.54 Å². The predicted molar refractivity (Wildman–Crippen MR) is 33.9 cm³/mol. The molecule has 0 fully saturated rings. The van der Waals surface area contributed by atoms with Crippen LogP contribution in [0.4, 0.5) is 0 Å². The molecule has 0 aliphatic rings. The van der Waals surface area contributed by atoms with Crippen LogP contribution in [0, 0.1) is 0 Å². The Morgan fingerprint density at radius 2 is 1.29 bits per heavy atom. The Morgan fingerprint density at radius 1 is 1.29 bits per heavy atom. The molecular formula is C4H14NSiTi. The van der Waals surface area contributed by atoms with Crippen LogP contribution in [0.25, 0.3) is 0 Å². The fourth-order valence-corrected chi connectivity index (χ4v) is 0. The van der Waals surface area contributed by atoms with Gasteiger partial charge in [0.25, 0.3) is 0 Å². The van der Waals surface area contributed by atoms with Gasteiger partial charge >= 0.3 is 27.8 Å². The van der Waals surface area contributed by atoms with E-state index in [1.807, 2.05) is 20.8 Å². The van der Waals surface area contributed by atoms with Crippen molar-refractivity contribution in [2.24, 2.45) is 5.73 Å². The van der Waals surface area contributed by atoms with E-state index in [0.717, 1.165) is 0 Å². The summed E-state index contributed by atoms with van der Waals surface area (Å²) in [5, 5.41) is 0. The van der Waals surface area contributed by atoms with E-state index in [1.165, 1.54) is 8.11 Å². The molecule has 0 saturated carbocycles. The third-order valence-corrected chi connectivity index (χ3v) is 0. The van der Waals surface area contributed by atoms with Crippen molar-refractivity contribution in [1.29, 1.82) is 0 Å². The second-order valence-electron chi connectivity index (χ2n) is 2.37. The third-order valence-electron chi connectivity index (χ3n) is 0. The molecule has 0 aliphatic carbocycles. The Hall–Kier alpha value is 0.891. The molecule has 0 spiro atoms. The molecule has 0 bridgehead atoms. The van der Waals surface area contributed by atoms with Gasteiger partial charge in [0.1, 0.15) is 0 Å². The molecule has 0 aromatic heterocycles. The normalized spacial score (nSPS) is 9.57. The standard InChI is InChI=1S/C4H11N.H3Si.Ti/c1-4(2,3)5;;/h5H2,1-3H3;1H3;. The van der Waals surface area contributed by atoms with Gasteiger partial charge in [0.05, 0.1) is 0 Å². The number of rotatable bonds is 0. The summed E-state index contributed by atoms with van der Waals surface area (Å²) in [6, 6.07) is 0. The van der Waals surface area contributed by atoms with Crippen molar-refractivity contribution in [2.45, 2.75) is 26.3 Å². The van der Waals surface area contributed by atoms with Crippen LogP contribution in [-0.2, 0) is 19.7 Å². The molecule has 43 valence electrons. The first-order chi connectivity index (χ1) is 3.00. The van der Waals surface area contributed by atoms with E-state index in [4.69, 9.17) is 5.73 Å². The second-order valence-corrected chi connectivity index (χ2v) is 2.37. The summed E-state index contributed by atoms with van der Waals surface area (Å²) in [5.41, 5.74) is 5.35. The van der Waals surface area contributed by atoms with Gasteiger partial charge in [-0.05, 0) is 20.8 Å². The Bertz CT molecular complexity index is 27.2. The molecule has 0 rings (SSSR count). The van der Waals surface area contributed by atoms with Crippen molar-refractivity contribution in [3.05, 3.63) is 0 Å². The van der Waals surface area contributed by atoms with Gasteiger partial charge in [-0.25, -0.2) is 0 Å². The summed E-state index contributed by atoms with van der Waals surface area (Å²) in [5.74, 6) is 0. The summed E-state index contributed by atoms with van der Waals surface area (Å²) >= 11 is 2.14. The van der Waals surface area contributed by atoms with Crippen molar-refractivity contribution < 1.29 is 19.7 Å². The Labute approximate surface area is 60.1 Å². The van der Waals surface area contributed by atoms with Crippen LogP contribution in [-0.4, -0.2) is 13.6 Å². The molecule has 3 heteroatoms. The first-order valence-corrected chi connectivity index (χ1v) is 7.97. The Kier molecular flexibility index (Phi) is 7.77. The van der Waals surface area contributed by atoms with Crippen LogP contribution in [0.3, 0.4) is 0 Å². The van der Waals surface area contributed by atoms with E-state index < -0.39 is 0 Å². The molecule has 0 atom stereocenters. The third kappa shape index (κ3) is 208. The summed E-state index contributed by atoms with van der Waals surface area (Å²) in [6.45, 7) is 5.90. The molecule has 1 nitrogen and oxygen atoms in total. The molecule has 0 saturated heterocycles. The van der Waals surface area contributed by atoms with Gasteiger partial charge in [0, 0.05) is 5.54 Å². The van der Waals surface area contributed by atoms with Crippen molar-refractivity contribution in [1.82, 2.24) is 0 Å². The molecule has 0 unspecified atom stereocenters. The van der Waals surface area contributed by atoms with Crippen LogP contribution in [0.15, 0.2) is 0 Å². The van der Waals surface area contributed by atoms with Crippen molar-refractivity contribution in [3.8, 4) is 0 Å². The molecule has 0 radical (unpaired) electrons. The van der Waals surface area contributed by atoms with Gasteiger partial charge in [-0.3, -0.25) is 0 Å². The summed E-state index contributed by atoms with van der Waals surface area (Å²) in [4.78, 5) is 0. The van der Waals surface area contributed by atoms with Gasteiger partial charge in [-0.2, -0.15) is 0 Å². The van der Waals surface area contributed by atoms with Crippen LogP contribution in [0.5, 0.6) is 0 Å². The van der Waals surface area contributed by atoms with E-state index in [0.29, 0.717) is 0 Å². The predicted octanol–water partition coefficient (Wildman–Crippen LogP) is -0.443. The average molecular weight is 152 g/mol. The van der Waals surface area contributed by atoms with Gasteiger partial charge < -0.3 is 5.73 Å². The summed E-state index contributed by atoms with van der Waals surface area (Å²) in [6.07, 6.45) is 0. The zero-order valence-electron chi connectivity index (χ0n) is 5.58. The van der Waals surface area contributed by atoms with Gasteiger partial charge in [-0.1, -0.05) is 0 Å². The molecule has 0 aromatic rings. The van der Waals surface area contributed by atoms with Crippen LogP contribution < -0.4 is 5.73 Å². The first kappa shape index (κ1) is 10.8. The maximum absolute atomic E-state index is 5.35. The SMILES string of the molecule is CC(C)(C)N.[SiH3][Ti]. The van der Waals surface area contributed by atoms with E-state index in [2.05, 4.69) is 19.7 Å². The van der Waals surface area contributed by atoms with Gasteiger partial charge in [0.15, 0.2) is 0 Å². The quantitative estimate of drug-likeness (QED) is 0.468. The molecular weight excluding hydrogens is 138 g/mol. The van der Waals surface area contributed by atoms with E-state index in [1.54, 1.807) is 0 Å². The topological polar surface area (TPSA) is 26.0 Å². The van der Waals surface area contributed by atoms with Crippen LogP contribution in [0.2, 0.25) is 0 Å². The van der Waals surface area contributed by atoms with E-state index >= 15 is 0 Å². The minimum atomic E-state index is 0. The number of hydrogen-bond acceptors (Lipinski definition) is 1. The van der Waals surface area contributed by atoms with Gasteiger partial charge in [0.2, 0.25) is 0 Å². The fourth-order valence-electron chi connectivity index (χ4n) is 0. The molecule has 0 heterocycles. The zero-order valence-corrected chi connectivity index (χ0v) is 9.14. The van der Waals surface area contributed by atoms with Crippen molar-refractivity contribution in [3.63, 3.8) is 0 Å². The average Bonchev–Trinajstić information content (AvgIpc) is 1.36. The summed E-state index contributed by atoms with van der Waals surface area (Å²) in [7, 11) is 1.31. The monoisotopic (exact) mass is 152 g/mol. The summed E-state index contributed by atoms with van der Waals surface area (Å²) < 4.78 is 0. The Morgan fingerprint density at radius 3 is 1.29 bits per heavy atom. The van der Waals surface area contributed by atoms with Gasteiger partial charge in [-0.15, -0.1) is 0 Å². The van der Waals surface area contributed by atoms with E-state index in [9.17, 15) is 0 Å². The van der Waals surface area contributed by atoms with Crippen molar-refractivity contribution >= 4 is 8.11 Å². The molecule has 0 aliphatic heterocycles. The zero-order chi connectivity index (χ0) is 6.50. The second kappa shape index (κ2) is 5.04. The minimum absolute atomic E-state index is 0. The maximum atomic E-state index is 5.35. The van der Waals surface area contributed by atoms with Crippen molar-refractivity contribution in [2.75, 3.05) is 0 Å². The first-order valence-electron chi connectivity index (χ1n) is 2.29. The molecule has 0 amide bonds. The Balaban J connectivity index is 0. The molecule has 2 N–H and O–H groups in total. The fraction of sp³-hybridized carbons (Fsp3) is 1.00. The number of nitrogens with two attached hydrogens (primary N) is 1.